The fourth-order valence-electron chi connectivity index (χ4n) is 1.64. The molecule has 17 heavy (non-hydrogen) atoms. The van der Waals surface area contributed by atoms with Gasteiger partial charge < -0.3 is 0 Å². The number of hydrogen-bond donors (Lipinski definition) is 0. The summed E-state index contributed by atoms with van der Waals surface area (Å²) in [4.78, 5) is 0. The number of hydrogen-bond acceptors (Lipinski definition) is 0. The lowest BCUT2D eigenvalue weighted by molar-refractivity contribution is 0.152. The molecule has 0 aliphatic carbocycles. The van der Waals surface area contributed by atoms with E-state index >= 15 is 0 Å². The lowest BCUT2D eigenvalue weighted by Gasteiger charge is -2.10. The maximum Gasteiger partial charge on any atom is 0.264 e. The van der Waals surface area contributed by atoms with Crippen LogP contribution < -0.4 is 0 Å². The van der Waals surface area contributed by atoms with E-state index in [0.29, 0.717) is 16.1 Å². The molecule has 0 aliphatic rings. The van der Waals surface area contributed by atoms with Crippen LogP contribution in [-0.2, 0) is 0 Å². The molecule has 0 atom stereocenters. The quantitative estimate of drug-likeness (QED) is 0.668. The van der Waals surface area contributed by atoms with Gasteiger partial charge in [-0.3, -0.25) is 0 Å². The van der Waals surface area contributed by atoms with Crippen molar-refractivity contribution < 1.29 is 8.78 Å². The summed E-state index contributed by atoms with van der Waals surface area (Å²) >= 11 is 11.7. The van der Waals surface area contributed by atoms with Gasteiger partial charge >= 0.3 is 0 Å². The fraction of sp³-hybridized carbons (Fsp3) is 0.0769. The predicted octanol–water partition coefficient (Wildman–Crippen LogP) is 5.60. The summed E-state index contributed by atoms with van der Waals surface area (Å²) in [5.41, 5.74) is 0.890. The second-order valence-corrected chi connectivity index (χ2v) is 4.36. The summed E-state index contributed by atoms with van der Waals surface area (Å²) in [6.45, 7) is 0. The third-order valence-electron chi connectivity index (χ3n) is 2.41. The molecule has 0 heterocycles. The average molecular weight is 273 g/mol. The van der Waals surface area contributed by atoms with Crippen LogP contribution in [0.3, 0.4) is 0 Å². The Kier molecular flexibility index (Phi) is 3.65. The van der Waals surface area contributed by atoms with Gasteiger partial charge in [0, 0.05) is 21.2 Å². The first kappa shape index (κ1) is 12.3. The molecular formula is C13H8Cl2F2. The Bertz CT molecular complexity index is 539. The minimum Gasteiger partial charge on any atom is -0.205 e. The van der Waals surface area contributed by atoms with Crippen molar-refractivity contribution >= 4 is 23.2 Å². The van der Waals surface area contributed by atoms with Gasteiger partial charge in [0.1, 0.15) is 0 Å². The van der Waals surface area contributed by atoms with Crippen LogP contribution in [-0.4, -0.2) is 0 Å². The molecule has 0 saturated carbocycles. The highest BCUT2D eigenvalue weighted by molar-refractivity contribution is 6.33. The molecule has 88 valence electrons. The Morgan fingerprint density at radius 2 is 1.59 bits per heavy atom. The van der Waals surface area contributed by atoms with E-state index in [1.54, 1.807) is 36.4 Å². The molecule has 0 bridgehead atoms. The monoisotopic (exact) mass is 272 g/mol. The van der Waals surface area contributed by atoms with E-state index in [1.807, 2.05) is 0 Å². The summed E-state index contributed by atoms with van der Waals surface area (Å²) in [7, 11) is 0. The first-order chi connectivity index (χ1) is 8.09. The van der Waals surface area contributed by atoms with E-state index in [4.69, 9.17) is 23.2 Å². The van der Waals surface area contributed by atoms with Crippen molar-refractivity contribution in [1.29, 1.82) is 0 Å². The van der Waals surface area contributed by atoms with E-state index in [2.05, 4.69) is 0 Å². The van der Waals surface area contributed by atoms with Crippen molar-refractivity contribution in [2.45, 2.75) is 6.43 Å². The summed E-state index contributed by atoms with van der Waals surface area (Å²) in [5, 5.41) is 0.729. The second kappa shape index (κ2) is 5.03. The molecule has 0 radical (unpaired) electrons. The molecule has 2 aromatic carbocycles. The Hall–Kier alpha value is -1.12. The third kappa shape index (κ3) is 2.59. The first-order valence-corrected chi connectivity index (χ1v) is 5.67. The van der Waals surface area contributed by atoms with E-state index in [9.17, 15) is 8.78 Å². The molecule has 2 aromatic rings. The average Bonchev–Trinajstić information content (AvgIpc) is 2.30. The molecule has 0 N–H and O–H groups in total. The molecule has 0 saturated heterocycles. The summed E-state index contributed by atoms with van der Waals surface area (Å²) in [6, 6.07) is 11.3. The SMILES string of the molecule is FC(F)c1cc(Cl)ccc1-c1ccccc1Cl. The van der Waals surface area contributed by atoms with E-state index < -0.39 is 6.43 Å². The van der Waals surface area contributed by atoms with Crippen molar-refractivity contribution in [3.8, 4) is 11.1 Å². The highest BCUT2D eigenvalue weighted by Crippen LogP contribution is 2.36. The van der Waals surface area contributed by atoms with Crippen LogP contribution in [0.1, 0.15) is 12.0 Å². The van der Waals surface area contributed by atoms with Gasteiger partial charge in [0.05, 0.1) is 0 Å². The fourth-order valence-corrected chi connectivity index (χ4v) is 2.06. The largest absolute Gasteiger partial charge is 0.264 e. The van der Waals surface area contributed by atoms with Crippen molar-refractivity contribution in [3.05, 3.63) is 58.1 Å². The van der Waals surface area contributed by atoms with E-state index in [1.165, 1.54) is 6.07 Å². The molecule has 0 aliphatic heterocycles. The maximum atomic E-state index is 12.9. The van der Waals surface area contributed by atoms with Gasteiger partial charge in [0.2, 0.25) is 0 Å². The molecule has 0 fully saturated rings. The van der Waals surface area contributed by atoms with Crippen LogP contribution in [0.2, 0.25) is 10.0 Å². The molecule has 4 heteroatoms. The summed E-state index contributed by atoms with van der Waals surface area (Å²) in [5.74, 6) is 0. The van der Waals surface area contributed by atoms with Crippen LogP contribution in [0.15, 0.2) is 42.5 Å². The zero-order chi connectivity index (χ0) is 12.4. The van der Waals surface area contributed by atoms with E-state index in [-0.39, 0.29) is 10.6 Å². The van der Waals surface area contributed by atoms with Gasteiger partial charge in [-0.1, -0.05) is 47.5 Å². The first-order valence-electron chi connectivity index (χ1n) is 4.92. The van der Waals surface area contributed by atoms with Gasteiger partial charge in [0.25, 0.3) is 6.43 Å². The molecular weight excluding hydrogens is 265 g/mol. The van der Waals surface area contributed by atoms with Crippen molar-refractivity contribution in [1.82, 2.24) is 0 Å². The standard InChI is InChI=1S/C13H8Cl2F2/c14-8-5-6-9(11(7-8)13(16)17)10-3-1-2-4-12(10)15/h1-7,13H. The molecule has 0 amide bonds. The lowest BCUT2D eigenvalue weighted by atomic mass is 10.00. The Morgan fingerprint density at radius 3 is 2.24 bits per heavy atom. The number of halogens is 4. The van der Waals surface area contributed by atoms with Gasteiger partial charge in [-0.25, -0.2) is 8.78 Å². The van der Waals surface area contributed by atoms with E-state index in [0.717, 1.165) is 0 Å². The number of rotatable bonds is 2. The minimum absolute atomic E-state index is 0.106. The highest BCUT2D eigenvalue weighted by atomic mass is 35.5. The Labute approximate surface area is 108 Å². The van der Waals surface area contributed by atoms with Gasteiger partial charge in [0.15, 0.2) is 0 Å². The lowest BCUT2D eigenvalue weighted by Crippen LogP contribution is -1.91. The Balaban J connectivity index is 2.63. The molecule has 0 unspecified atom stereocenters. The zero-order valence-electron chi connectivity index (χ0n) is 8.63. The van der Waals surface area contributed by atoms with Crippen LogP contribution >= 0.6 is 23.2 Å². The van der Waals surface area contributed by atoms with Crippen molar-refractivity contribution in [2.75, 3.05) is 0 Å². The van der Waals surface area contributed by atoms with Crippen LogP contribution in [0, 0.1) is 0 Å². The maximum absolute atomic E-state index is 12.9. The van der Waals surface area contributed by atoms with Gasteiger partial charge in [-0.05, 0) is 23.8 Å². The molecule has 0 nitrogen and oxygen atoms in total. The van der Waals surface area contributed by atoms with Gasteiger partial charge in [-0.15, -0.1) is 0 Å². The number of benzene rings is 2. The van der Waals surface area contributed by atoms with Gasteiger partial charge in [-0.2, -0.15) is 0 Å². The minimum atomic E-state index is -2.58. The predicted molar refractivity (Wildman–Crippen MR) is 66.9 cm³/mol. The molecule has 0 spiro atoms. The molecule has 2 rings (SSSR count). The van der Waals surface area contributed by atoms with Crippen LogP contribution in [0.4, 0.5) is 8.78 Å². The summed E-state index contributed by atoms with van der Waals surface area (Å²) in [6.07, 6.45) is -2.58. The zero-order valence-corrected chi connectivity index (χ0v) is 10.1. The van der Waals surface area contributed by atoms with Crippen molar-refractivity contribution in [2.24, 2.45) is 0 Å². The van der Waals surface area contributed by atoms with Crippen LogP contribution in [0.25, 0.3) is 11.1 Å². The smallest absolute Gasteiger partial charge is 0.205 e. The number of alkyl halides is 2. The topological polar surface area (TPSA) is 0 Å². The van der Waals surface area contributed by atoms with Crippen molar-refractivity contribution in [3.63, 3.8) is 0 Å². The Morgan fingerprint density at radius 1 is 0.882 bits per heavy atom. The van der Waals surface area contributed by atoms with Crippen LogP contribution in [0.5, 0.6) is 0 Å². The normalized spacial score (nSPS) is 10.9. The summed E-state index contributed by atoms with van der Waals surface area (Å²) < 4.78 is 25.8. The third-order valence-corrected chi connectivity index (χ3v) is 2.98. The molecule has 0 aromatic heterocycles. The second-order valence-electron chi connectivity index (χ2n) is 3.51. The highest BCUT2D eigenvalue weighted by Gasteiger charge is 2.16.